The smallest absolute Gasteiger partial charge is 0.255 e. The van der Waals surface area contributed by atoms with E-state index in [2.05, 4.69) is 10.3 Å². The minimum atomic E-state index is -0.122. The number of rotatable bonds is 6. The van der Waals surface area contributed by atoms with Crippen LogP contribution in [0.15, 0.2) is 54.9 Å². The average molecular weight is 316 g/mol. The Morgan fingerprint density at radius 1 is 1.04 bits per heavy atom. The van der Waals surface area contributed by atoms with Crippen LogP contribution >= 0.6 is 0 Å². The Labute approximate surface area is 137 Å². The summed E-state index contributed by atoms with van der Waals surface area (Å²) in [5.74, 6) is -0.122. The fourth-order valence-corrected chi connectivity index (χ4v) is 1.75. The molecular weight excluding hydrogens is 292 g/mol. The van der Waals surface area contributed by atoms with Gasteiger partial charge in [-0.05, 0) is 45.0 Å². The average Bonchev–Trinajstić information content (AvgIpc) is 2.58. The van der Waals surface area contributed by atoms with E-state index in [9.17, 15) is 4.79 Å². The van der Waals surface area contributed by atoms with Crippen LogP contribution in [0.4, 0.5) is 5.69 Å². The van der Waals surface area contributed by atoms with Gasteiger partial charge in [0.1, 0.15) is 0 Å². The fourth-order valence-electron chi connectivity index (χ4n) is 1.75. The molecule has 5 heteroatoms. The molecule has 1 amide bonds. The van der Waals surface area contributed by atoms with E-state index in [4.69, 9.17) is 9.47 Å². The number of benzene rings is 1. The number of para-hydroxylation sites is 1. The van der Waals surface area contributed by atoms with Crippen LogP contribution in [0.1, 0.15) is 31.1 Å². The molecule has 0 radical (unpaired) electrons. The summed E-state index contributed by atoms with van der Waals surface area (Å²) in [4.78, 5) is 15.5. The van der Waals surface area contributed by atoms with Crippen LogP contribution < -0.4 is 5.32 Å². The molecule has 0 spiro atoms. The number of ether oxygens (including phenoxy) is 2. The van der Waals surface area contributed by atoms with Crippen molar-refractivity contribution < 1.29 is 14.3 Å². The number of nitrogens with zero attached hydrogens (tertiary/aromatic N) is 1. The van der Waals surface area contributed by atoms with Gasteiger partial charge in [0.15, 0.2) is 6.29 Å². The van der Waals surface area contributed by atoms with Gasteiger partial charge in [0.25, 0.3) is 5.91 Å². The first-order valence-corrected chi connectivity index (χ1v) is 7.67. The molecule has 0 saturated carbocycles. The Morgan fingerprint density at radius 2 is 1.61 bits per heavy atom. The molecule has 23 heavy (non-hydrogen) atoms. The first-order chi connectivity index (χ1) is 11.2. The van der Waals surface area contributed by atoms with Crippen molar-refractivity contribution in [3.05, 3.63) is 60.4 Å². The molecule has 0 aliphatic carbocycles. The maximum Gasteiger partial charge on any atom is 0.255 e. The summed E-state index contributed by atoms with van der Waals surface area (Å²) in [5.41, 5.74) is 1.40. The van der Waals surface area contributed by atoms with Gasteiger partial charge >= 0.3 is 0 Å². The van der Waals surface area contributed by atoms with Gasteiger partial charge < -0.3 is 14.8 Å². The highest BCUT2D eigenvalue weighted by molar-refractivity contribution is 6.04. The van der Waals surface area contributed by atoms with E-state index in [0.717, 1.165) is 18.9 Å². The van der Waals surface area contributed by atoms with E-state index in [1.165, 1.54) is 0 Å². The number of carbonyl (C=O) groups excluding carboxylic acids is 1. The number of carbonyl (C=O) groups is 1. The Kier molecular flexibility index (Phi) is 9.28. The summed E-state index contributed by atoms with van der Waals surface area (Å²) < 4.78 is 10.1. The van der Waals surface area contributed by atoms with E-state index in [0.29, 0.717) is 5.56 Å². The Morgan fingerprint density at radius 3 is 2.13 bits per heavy atom. The summed E-state index contributed by atoms with van der Waals surface area (Å²) in [7, 11) is 0. The van der Waals surface area contributed by atoms with Crippen LogP contribution in [0.3, 0.4) is 0 Å². The fraction of sp³-hybridized carbons (Fsp3) is 0.333. The van der Waals surface area contributed by atoms with Crippen molar-refractivity contribution in [1.82, 2.24) is 4.98 Å². The van der Waals surface area contributed by atoms with Crippen LogP contribution in [-0.2, 0) is 9.47 Å². The second-order valence-electron chi connectivity index (χ2n) is 4.53. The summed E-state index contributed by atoms with van der Waals surface area (Å²) in [5, 5.41) is 2.79. The minimum absolute atomic E-state index is 0.0370. The zero-order valence-corrected chi connectivity index (χ0v) is 13.9. The zero-order valence-electron chi connectivity index (χ0n) is 13.9. The van der Waals surface area contributed by atoms with Crippen molar-refractivity contribution in [2.45, 2.75) is 27.1 Å². The van der Waals surface area contributed by atoms with Gasteiger partial charge in [0, 0.05) is 36.9 Å². The molecule has 1 aromatic heterocycles. The van der Waals surface area contributed by atoms with Gasteiger partial charge in [0.05, 0.1) is 0 Å². The Bertz CT molecular complexity index is 541. The van der Waals surface area contributed by atoms with Crippen molar-refractivity contribution in [2.75, 3.05) is 18.5 Å². The summed E-state index contributed by atoms with van der Waals surface area (Å²) in [6.45, 7) is 7.25. The van der Waals surface area contributed by atoms with Crippen LogP contribution in [0, 0.1) is 0 Å². The van der Waals surface area contributed by atoms with E-state index in [1.807, 2.05) is 51.1 Å². The summed E-state index contributed by atoms with van der Waals surface area (Å²) >= 11 is 0. The highest BCUT2D eigenvalue weighted by atomic mass is 16.7. The predicted molar refractivity (Wildman–Crippen MR) is 91.3 cm³/mol. The first kappa shape index (κ1) is 18.8. The lowest BCUT2D eigenvalue weighted by atomic mass is 10.2. The van der Waals surface area contributed by atoms with Gasteiger partial charge in [-0.2, -0.15) is 0 Å². The molecule has 5 nitrogen and oxygen atoms in total. The minimum Gasteiger partial charge on any atom is -0.353 e. The molecule has 1 heterocycles. The molecule has 2 rings (SSSR count). The van der Waals surface area contributed by atoms with Gasteiger partial charge in [-0.25, -0.2) is 0 Å². The second kappa shape index (κ2) is 11.3. The first-order valence-electron chi connectivity index (χ1n) is 7.67. The Balaban J connectivity index is 0.000000284. The van der Waals surface area contributed by atoms with Crippen molar-refractivity contribution >= 4 is 11.6 Å². The van der Waals surface area contributed by atoms with Crippen LogP contribution in [-0.4, -0.2) is 30.4 Å². The molecule has 2 aromatic rings. The standard InChI is InChI=1S/C12H10N2O.C6H14O2/c15-12(10-6-8-13-9-7-10)14-11-4-2-1-3-5-11;1-4-7-6(3)8-5-2/h1-9H,(H,14,15);6H,4-5H2,1-3H3. The van der Waals surface area contributed by atoms with Gasteiger partial charge in [-0.15, -0.1) is 0 Å². The van der Waals surface area contributed by atoms with Crippen molar-refractivity contribution in [3.63, 3.8) is 0 Å². The third-order valence-electron chi connectivity index (χ3n) is 2.78. The molecule has 1 aromatic carbocycles. The lowest BCUT2D eigenvalue weighted by Crippen LogP contribution is -2.11. The number of aromatic nitrogens is 1. The third-order valence-corrected chi connectivity index (χ3v) is 2.78. The number of pyridine rings is 1. The third kappa shape index (κ3) is 8.09. The van der Waals surface area contributed by atoms with Crippen molar-refractivity contribution in [3.8, 4) is 0 Å². The number of hydrogen-bond donors (Lipinski definition) is 1. The van der Waals surface area contributed by atoms with E-state index < -0.39 is 0 Å². The Hall–Kier alpha value is -2.24. The molecule has 0 unspecified atom stereocenters. The SMILES string of the molecule is CCOC(C)OCC.O=C(Nc1ccccc1)c1ccncc1. The van der Waals surface area contributed by atoms with E-state index >= 15 is 0 Å². The molecule has 0 fully saturated rings. The highest BCUT2D eigenvalue weighted by Gasteiger charge is 2.03. The van der Waals surface area contributed by atoms with Gasteiger partial charge in [-0.3, -0.25) is 9.78 Å². The molecule has 0 bridgehead atoms. The van der Waals surface area contributed by atoms with Crippen LogP contribution in [0.5, 0.6) is 0 Å². The highest BCUT2D eigenvalue weighted by Crippen LogP contribution is 2.07. The van der Waals surface area contributed by atoms with E-state index in [-0.39, 0.29) is 12.2 Å². The maximum atomic E-state index is 11.7. The lowest BCUT2D eigenvalue weighted by Gasteiger charge is -2.09. The maximum absolute atomic E-state index is 11.7. The monoisotopic (exact) mass is 316 g/mol. The molecule has 0 atom stereocenters. The molecule has 0 aliphatic rings. The molecule has 0 aliphatic heterocycles. The van der Waals surface area contributed by atoms with Crippen LogP contribution in [0.25, 0.3) is 0 Å². The lowest BCUT2D eigenvalue weighted by molar-refractivity contribution is -0.123. The predicted octanol–water partition coefficient (Wildman–Crippen LogP) is 3.74. The number of amides is 1. The molecule has 124 valence electrons. The van der Waals surface area contributed by atoms with Gasteiger partial charge in [0.2, 0.25) is 0 Å². The zero-order chi connectivity index (χ0) is 16.9. The summed E-state index contributed by atoms with van der Waals surface area (Å²) in [6, 6.07) is 12.7. The second-order valence-corrected chi connectivity index (χ2v) is 4.53. The number of hydrogen-bond acceptors (Lipinski definition) is 4. The largest absolute Gasteiger partial charge is 0.353 e. The van der Waals surface area contributed by atoms with Gasteiger partial charge in [-0.1, -0.05) is 18.2 Å². The number of nitrogens with one attached hydrogen (secondary N) is 1. The topological polar surface area (TPSA) is 60.5 Å². The molecular formula is C18H24N2O3. The normalized spacial score (nSPS) is 9.91. The van der Waals surface area contributed by atoms with Crippen LogP contribution in [0.2, 0.25) is 0 Å². The number of anilines is 1. The molecule has 1 N–H and O–H groups in total. The summed E-state index contributed by atoms with van der Waals surface area (Å²) in [6.07, 6.45) is 3.16. The van der Waals surface area contributed by atoms with Crippen molar-refractivity contribution in [1.29, 1.82) is 0 Å². The van der Waals surface area contributed by atoms with E-state index in [1.54, 1.807) is 24.5 Å². The quantitative estimate of drug-likeness (QED) is 0.825. The van der Waals surface area contributed by atoms with Crippen molar-refractivity contribution in [2.24, 2.45) is 0 Å². The molecule has 0 saturated heterocycles.